The summed E-state index contributed by atoms with van der Waals surface area (Å²) < 4.78 is 23.1. The van der Waals surface area contributed by atoms with Gasteiger partial charge in [0.05, 0.1) is 42.0 Å². The highest BCUT2D eigenvalue weighted by molar-refractivity contribution is 6.31. The Morgan fingerprint density at radius 1 is 0.891 bits per heavy atom. The maximum absolute atomic E-state index is 13.9. The zero-order chi connectivity index (χ0) is 38.9. The number of carboxylic acids is 1. The first-order chi connectivity index (χ1) is 26.3. The van der Waals surface area contributed by atoms with Crippen LogP contribution in [0, 0.1) is 0 Å². The van der Waals surface area contributed by atoms with Gasteiger partial charge in [0.25, 0.3) is 0 Å². The molecule has 0 aromatic heterocycles. The molecular formula is C41H37NO13. The van der Waals surface area contributed by atoms with Crippen molar-refractivity contribution < 1.29 is 63.7 Å². The monoisotopic (exact) mass is 751 g/mol. The third-order valence-corrected chi connectivity index (χ3v) is 11.1. The van der Waals surface area contributed by atoms with Crippen molar-refractivity contribution in [3.63, 3.8) is 0 Å². The first kappa shape index (κ1) is 36.2. The van der Waals surface area contributed by atoms with Gasteiger partial charge in [0.1, 0.15) is 30.0 Å². The molecular weight excluding hydrogens is 714 g/mol. The van der Waals surface area contributed by atoms with Gasteiger partial charge < -0.3 is 49.8 Å². The summed E-state index contributed by atoms with van der Waals surface area (Å²) in [7, 11) is 1.31. The van der Waals surface area contributed by atoms with E-state index in [-0.39, 0.29) is 46.9 Å². The maximum Gasteiger partial charge on any atom is 0.407 e. The minimum absolute atomic E-state index is 0.0198. The minimum Gasteiger partial charge on any atom is -0.507 e. The number of hydrogen-bond donors (Lipinski definition) is 6. The topological polar surface area (TPSA) is 218 Å². The van der Waals surface area contributed by atoms with Crippen LogP contribution in [-0.2, 0) is 25.4 Å². The molecule has 6 atom stereocenters. The van der Waals surface area contributed by atoms with Gasteiger partial charge in [-0.05, 0) is 35.2 Å². The van der Waals surface area contributed by atoms with Crippen molar-refractivity contribution in [2.75, 3.05) is 13.7 Å². The average molecular weight is 752 g/mol. The number of carbonyl (C=O) groups is 4. The molecule has 0 bridgehead atoms. The van der Waals surface area contributed by atoms with Crippen molar-refractivity contribution in [2.24, 2.45) is 0 Å². The highest BCUT2D eigenvalue weighted by Gasteiger charge is 2.51. The molecule has 6 N–H and O–H groups in total. The van der Waals surface area contributed by atoms with Crippen LogP contribution in [0.25, 0.3) is 11.1 Å². The lowest BCUT2D eigenvalue weighted by Gasteiger charge is -2.42. The van der Waals surface area contributed by atoms with Crippen LogP contribution < -0.4 is 10.1 Å². The zero-order valence-electron chi connectivity index (χ0n) is 29.6. The molecule has 1 fully saturated rings. The molecule has 1 aliphatic heterocycles. The number of hydrogen-bond acceptors (Lipinski definition) is 12. The van der Waals surface area contributed by atoms with Crippen molar-refractivity contribution in [3.05, 3.63) is 111 Å². The summed E-state index contributed by atoms with van der Waals surface area (Å²) in [6.45, 7) is 1.55. The van der Waals surface area contributed by atoms with E-state index in [9.17, 15) is 44.7 Å². The van der Waals surface area contributed by atoms with Crippen LogP contribution in [0.5, 0.6) is 17.2 Å². The van der Waals surface area contributed by atoms with Crippen LogP contribution >= 0.6 is 0 Å². The predicted octanol–water partition coefficient (Wildman–Crippen LogP) is 4.10. The molecule has 284 valence electrons. The summed E-state index contributed by atoms with van der Waals surface area (Å²) in [5.74, 6) is -4.99. The number of carboxylic acid groups (broad SMARTS) is 1. The fraction of sp³-hybridized carbons (Fsp3) is 0.317. The van der Waals surface area contributed by atoms with Gasteiger partial charge in [-0.15, -0.1) is 0 Å². The quantitative estimate of drug-likeness (QED) is 0.129. The number of phenols is 2. The number of amides is 1. The van der Waals surface area contributed by atoms with Crippen LogP contribution in [0.4, 0.5) is 4.79 Å². The van der Waals surface area contributed by atoms with E-state index < -0.39 is 95.3 Å². The van der Waals surface area contributed by atoms with E-state index in [0.717, 1.165) is 22.3 Å². The molecule has 8 rings (SSSR count). The Morgan fingerprint density at radius 2 is 1.53 bits per heavy atom. The first-order valence-corrected chi connectivity index (χ1v) is 17.8. The van der Waals surface area contributed by atoms with Gasteiger partial charge in [0.2, 0.25) is 5.78 Å². The number of methoxy groups -OCH3 is 1. The van der Waals surface area contributed by atoms with Crippen LogP contribution in [0.2, 0.25) is 0 Å². The largest absolute Gasteiger partial charge is 0.507 e. The number of aromatic hydroxyl groups is 2. The van der Waals surface area contributed by atoms with E-state index in [2.05, 4.69) is 5.32 Å². The number of aliphatic hydroxyl groups is 2. The van der Waals surface area contributed by atoms with Gasteiger partial charge >= 0.3 is 12.1 Å². The number of aliphatic hydroxyl groups excluding tert-OH is 1. The highest BCUT2D eigenvalue weighted by atomic mass is 16.7. The minimum atomic E-state index is -2.54. The number of phenolic OH excluding ortho intramolecular Hbond substituents is 2. The van der Waals surface area contributed by atoms with E-state index in [1.165, 1.54) is 32.2 Å². The van der Waals surface area contributed by atoms with Crippen molar-refractivity contribution in [2.45, 2.75) is 68.3 Å². The van der Waals surface area contributed by atoms with Crippen LogP contribution in [0.1, 0.15) is 85.9 Å². The normalized spacial score (nSPS) is 25.2. The molecule has 3 aliphatic carbocycles. The number of benzene rings is 4. The summed E-state index contributed by atoms with van der Waals surface area (Å²) >= 11 is 0. The Hall–Kier alpha value is -5.80. The van der Waals surface area contributed by atoms with E-state index in [1.807, 2.05) is 48.5 Å². The highest BCUT2D eigenvalue weighted by Crippen LogP contribution is 2.52. The molecule has 0 unspecified atom stereocenters. The summed E-state index contributed by atoms with van der Waals surface area (Å²) in [6, 6.07) is 19.0. The van der Waals surface area contributed by atoms with Gasteiger partial charge in [0.15, 0.2) is 17.7 Å². The third kappa shape index (κ3) is 5.80. The molecule has 0 saturated carbocycles. The summed E-state index contributed by atoms with van der Waals surface area (Å²) in [5.41, 5.74) is -0.226. The van der Waals surface area contributed by atoms with Crippen molar-refractivity contribution >= 4 is 23.6 Å². The number of ether oxygens (including phenoxy) is 4. The standard InChI is InChI=1S/C41H37NO13/c1-18-34(43)26(42-40(50)53-17-25-21-10-5-3-8-19(21)20-9-4-6-11-22(20)25)14-29(54-18)55-28-16-41(51,39(48)49)15-24-31(28)38(47)33-32(36(24)45)35(44)23-12-7-13-27(52-2)30(23)37(33)46/h3-13,18,25-26,28-29,34,43,45,47,51H,14-17H2,1-2H3,(H,42,50)(H,48,49)/t18-,26-,28-,29-,34+,41-/m0/s1. The summed E-state index contributed by atoms with van der Waals surface area (Å²) in [4.78, 5) is 53.3. The SMILES string of the molecule is COc1cccc2c1C(=O)c1c(O)c3c(c(O)c1C2=O)C[C@@](O)(C(=O)O)C[C@@H]3O[C@H]1C[C@H](NC(=O)OCC2c3ccccc3-c3ccccc32)[C@H](O)[C@H](C)O1. The first-order valence-electron chi connectivity index (χ1n) is 17.8. The number of aliphatic carboxylic acids is 1. The summed E-state index contributed by atoms with van der Waals surface area (Å²) in [6.07, 6.45) is -7.35. The van der Waals surface area contributed by atoms with E-state index in [0.29, 0.717) is 0 Å². The predicted molar refractivity (Wildman–Crippen MR) is 191 cm³/mol. The van der Waals surface area contributed by atoms with Crippen molar-refractivity contribution in [1.29, 1.82) is 0 Å². The molecule has 14 heteroatoms. The van der Waals surface area contributed by atoms with Crippen molar-refractivity contribution in [3.8, 4) is 28.4 Å². The lowest BCUT2D eigenvalue weighted by Crippen LogP contribution is -2.56. The Kier molecular flexibility index (Phi) is 8.88. The van der Waals surface area contributed by atoms with Gasteiger partial charge in [-0.3, -0.25) is 9.59 Å². The molecule has 0 spiro atoms. The number of fused-ring (bicyclic) bond motifs is 6. The number of rotatable bonds is 7. The second-order valence-corrected chi connectivity index (χ2v) is 14.3. The number of ketones is 2. The zero-order valence-corrected chi connectivity index (χ0v) is 29.6. The fourth-order valence-corrected chi connectivity index (χ4v) is 8.45. The Morgan fingerprint density at radius 3 is 2.18 bits per heavy atom. The lowest BCUT2D eigenvalue weighted by molar-refractivity contribution is -0.250. The average Bonchev–Trinajstić information content (AvgIpc) is 3.49. The second kappa shape index (κ2) is 13.5. The molecule has 0 radical (unpaired) electrons. The summed E-state index contributed by atoms with van der Waals surface area (Å²) in [5, 5.41) is 58.4. The van der Waals surface area contributed by atoms with Gasteiger partial charge in [-0.1, -0.05) is 60.7 Å². The molecule has 4 aliphatic rings. The van der Waals surface area contributed by atoms with E-state index >= 15 is 0 Å². The molecule has 1 amide bonds. The van der Waals surface area contributed by atoms with Gasteiger partial charge in [-0.2, -0.15) is 0 Å². The Labute approximate surface area is 313 Å². The number of nitrogens with one attached hydrogen (secondary N) is 1. The lowest BCUT2D eigenvalue weighted by atomic mass is 9.73. The second-order valence-electron chi connectivity index (χ2n) is 14.3. The molecule has 1 heterocycles. The van der Waals surface area contributed by atoms with Crippen LogP contribution in [0.3, 0.4) is 0 Å². The molecule has 55 heavy (non-hydrogen) atoms. The molecule has 1 saturated heterocycles. The fourth-order valence-electron chi connectivity index (χ4n) is 8.45. The van der Waals surface area contributed by atoms with Crippen molar-refractivity contribution in [1.82, 2.24) is 5.32 Å². The third-order valence-electron chi connectivity index (χ3n) is 11.1. The van der Waals surface area contributed by atoms with Gasteiger partial charge in [0, 0.05) is 41.9 Å². The van der Waals surface area contributed by atoms with Crippen LogP contribution in [0.15, 0.2) is 66.7 Å². The van der Waals surface area contributed by atoms with E-state index in [4.69, 9.17) is 18.9 Å². The maximum atomic E-state index is 13.9. The number of alkyl carbamates (subject to hydrolysis) is 1. The Balaban J connectivity index is 1.06. The number of carbonyl (C=O) groups excluding carboxylic acids is 3. The smallest absolute Gasteiger partial charge is 0.407 e. The molecule has 4 aromatic rings. The Bertz CT molecular complexity index is 2240. The molecule has 4 aromatic carbocycles. The van der Waals surface area contributed by atoms with Crippen LogP contribution in [-0.4, -0.2) is 93.0 Å². The van der Waals surface area contributed by atoms with E-state index in [1.54, 1.807) is 0 Å². The molecule has 14 nitrogen and oxygen atoms in total. The van der Waals surface area contributed by atoms with Gasteiger partial charge in [-0.25, -0.2) is 9.59 Å².